The van der Waals surface area contributed by atoms with Crippen molar-refractivity contribution in [2.75, 3.05) is 19.8 Å². The van der Waals surface area contributed by atoms with Gasteiger partial charge in [0.1, 0.15) is 5.75 Å². The van der Waals surface area contributed by atoms with E-state index in [0.29, 0.717) is 32.7 Å². The Morgan fingerprint density at radius 2 is 1.88 bits per heavy atom. The van der Waals surface area contributed by atoms with Crippen molar-refractivity contribution in [3.8, 4) is 16.9 Å². The van der Waals surface area contributed by atoms with Crippen molar-refractivity contribution in [3.63, 3.8) is 0 Å². The normalized spacial score (nSPS) is 13.9. The highest BCUT2D eigenvalue weighted by Gasteiger charge is 2.24. The summed E-state index contributed by atoms with van der Waals surface area (Å²) < 4.78 is 16.9. The minimum absolute atomic E-state index is 0.325. The lowest BCUT2D eigenvalue weighted by Gasteiger charge is -2.17. The molecular weight excluding hydrogens is 416 g/mol. The van der Waals surface area contributed by atoms with Crippen LogP contribution < -0.4 is 4.74 Å². The number of nitrogens with zero attached hydrogens (tertiary/aromatic N) is 2. The van der Waals surface area contributed by atoms with Crippen molar-refractivity contribution in [2.45, 2.75) is 32.8 Å². The molecule has 2 aromatic heterocycles. The fourth-order valence-corrected chi connectivity index (χ4v) is 4.05. The van der Waals surface area contributed by atoms with Crippen LogP contribution in [-0.4, -0.2) is 41.9 Å². The maximum atomic E-state index is 12.3. The van der Waals surface area contributed by atoms with Gasteiger partial charge >= 0.3 is 5.97 Å². The Labute approximate surface area is 194 Å². The number of hydrogen-bond acceptors (Lipinski definition) is 6. The van der Waals surface area contributed by atoms with E-state index < -0.39 is 6.10 Å². The summed E-state index contributed by atoms with van der Waals surface area (Å²) in [5.74, 6) is 0.399. The molecule has 0 saturated heterocycles. The number of para-hydroxylation sites is 1. The molecule has 0 saturated carbocycles. The van der Waals surface area contributed by atoms with E-state index in [0.717, 1.165) is 39.3 Å². The number of benzene rings is 1. The van der Waals surface area contributed by atoms with Gasteiger partial charge in [-0.1, -0.05) is 30.3 Å². The third-order valence-electron chi connectivity index (χ3n) is 5.48. The molecule has 3 aromatic rings. The quantitative estimate of drug-likeness (QED) is 0.257. The number of fused-ring (bicyclic) bond motifs is 3. The van der Waals surface area contributed by atoms with E-state index in [9.17, 15) is 4.79 Å². The van der Waals surface area contributed by atoms with E-state index in [2.05, 4.69) is 22.1 Å². The summed E-state index contributed by atoms with van der Waals surface area (Å²) >= 11 is 0. The van der Waals surface area contributed by atoms with Gasteiger partial charge in [0.2, 0.25) is 0 Å². The van der Waals surface area contributed by atoms with Gasteiger partial charge in [0, 0.05) is 54.7 Å². The van der Waals surface area contributed by atoms with Crippen molar-refractivity contribution >= 4 is 11.5 Å². The van der Waals surface area contributed by atoms with Gasteiger partial charge in [-0.25, -0.2) is 4.79 Å². The maximum Gasteiger partial charge on any atom is 0.335 e. The topological polar surface area (TPSA) is 70.5 Å². The first-order valence-corrected chi connectivity index (χ1v) is 11.3. The first-order valence-electron chi connectivity index (χ1n) is 11.3. The highest BCUT2D eigenvalue weighted by molar-refractivity contribution is 5.99. The lowest BCUT2D eigenvalue weighted by Crippen LogP contribution is -2.29. The summed E-state index contributed by atoms with van der Waals surface area (Å²) in [5, 5.41) is 0. The van der Waals surface area contributed by atoms with E-state index >= 15 is 0 Å². The Hall–Kier alpha value is -3.51. The molecule has 170 valence electrons. The van der Waals surface area contributed by atoms with Gasteiger partial charge in [-0.3, -0.25) is 9.97 Å². The number of aromatic nitrogens is 2. The van der Waals surface area contributed by atoms with Gasteiger partial charge in [-0.2, -0.15) is 0 Å². The molecule has 1 aromatic carbocycles. The SMILES string of the molecule is CCOC(=O)C(Cc1ccccc1OCCC=C1c2cnccc2-c2cccnc21)OCC. The Balaban J connectivity index is 1.45. The standard InChI is InChI=1S/C27H28N2O4/c1-3-31-25(27(30)32-4-2)17-19-9-5-6-12-24(19)33-16-8-11-22-23-18-28-15-13-20(23)21-10-7-14-29-26(21)22/h5-7,9-15,18,25H,3-4,8,16-17H2,1-2H3. The molecule has 0 fully saturated rings. The molecule has 0 bridgehead atoms. The summed E-state index contributed by atoms with van der Waals surface area (Å²) in [5.41, 5.74) is 6.37. The second-order valence-electron chi connectivity index (χ2n) is 7.58. The van der Waals surface area contributed by atoms with Crippen LogP contribution >= 0.6 is 0 Å². The van der Waals surface area contributed by atoms with Gasteiger partial charge in [-0.15, -0.1) is 0 Å². The van der Waals surface area contributed by atoms with Gasteiger partial charge in [-0.05, 0) is 43.2 Å². The molecule has 0 radical (unpaired) electrons. The smallest absolute Gasteiger partial charge is 0.335 e. The van der Waals surface area contributed by atoms with Crippen molar-refractivity contribution in [3.05, 3.63) is 84.0 Å². The zero-order chi connectivity index (χ0) is 23.0. The lowest BCUT2D eigenvalue weighted by molar-refractivity contribution is -0.156. The minimum atomic E-state index is -0.646. The van der Waals surface area contributed by atoms with Gasteiger partial charge in [0.25, 0.3) is 0 Å². The van der Waals surface area contributed by atoms with Crippen LogP contribution in [0.1, 0.15) is 37.1 Å². The summed E-state index contributed by atoms with van der Waals surface area (Å²) in [7, 11) is 0. The number of pyridine rings is 2. The number of hydrogen-bond donors (Lipinski definition) is 0. The van der Waals surface area contributed by atoms with E-state index in [1.807, 2.05) is 61.9 Å². The lowest BCUT2D eigenvalue weighted by atomic mass is 10.1. The van der Waals surface area contributed by atoms with E-state index in [-0.39, 0.29) is 5.97 Å². The zero-order valence-electron chi connectivity index (χ0n) is 19.0. The third kappa shape index (κ3) is 5.12. The number of carbonyl (C=O) groups is 1. The van der Waals surface area contributed by atoms with Crippen LogP contribution in [0.3, 0.4) is 0 Å². The summed E-state index contributed by atoms with van der Waals surface area (Å²) in [6.07, 6.45) is 8.14. The molecular formula is C27H28N2O4. The molecule has 1 aliphatic carbocycles. The Morgan fingerprint density at radius 3 is 2.73 bits per heavy atom. The van der Waals surface area contributed by atoms with Gasteiger partial charge in [0.05, 0.1) is 18.9 Å². The molecule has 2 heterocycles. The maximum absolute atomic E-state index is 12.3. The number of rotatable bonds is 10. The predicted molar refractivity (Wildman–Crippen MR) is 127 cm³/mol. The molecule has 6 heteroatoms. The van der Waals surface area contributed by atoms with Crippen LogP contribution in [0, 0.1) is 0 Å². The highest BCUT2D eigenvalue weighted by atomic mass is 16.6. The van der Waals surface area contributed by atoms with E-state index in [1.54, 1.807) is 6.92 Å². The van der Waals surface area contributed by atoms with Gasteiger partial charge in [0.15, 0.2) is 6.10 Å². The fraction of sp³-hybridized carbons (Fsp3) is 0.296. The average molecular weight is 445 g/mol. The van der Waals surface area contributed by atoms with Crippen LogP contribution in [0.25, 0.3) is 16.7 Å². The average Bonchev–Trinajstić information content (AvgIpc) is 3.16. The molecule has 4 rings (SSSR count). The Bertz CT molecular complexity index is 1090. The van der Waals surface area contributed by atoms with Crippen molar-refractivity contribution in [1.29, 1.82) is 0 Å². The molecule has 0 N–H and O–H groups in total. The van der Waals surface area contributed by atoms with Crippen LogP contribution in [0.5, 0.6) is 5.75 Å². The molecule has 1 unspecified atom stereocenters. The monoisotopic (exact) mass is 444 g/mol. The van der Waals surface area contributed by atoms with Crippen LogP contribution in [0.2, 0.25) is 0 Å². The fourth-order valence-electron chi connectivity index (χ4n) is 4.05. The molecule has 0 amide bonds. The molecule has 1 atom stereocenters. The summed E-state index contributed by atoms with van der Waals surface area (Å²) in [4.78, 5) is 21.1. The third-order valence-corrected chi connectivity index (χ3v) is 5.48. The molecule has 0 spiro atoms. The number of carbonyl (C=O) groups excluding carboxylic acids is 1. The summed E-state index contributed by atoms with van der Waals surface area (Å²) in [6, 6.07) is 13.8. The van der Waals surface area contributed by atoms with Crippen LogP contribution in [-0.2, 0) is 20.7 Å². The van der Waals surface area contributed by atoms with Crippen LogP contribution in [0.4, 0.5) is 0 Å². The highest BCUT2D eigenvalue weighted by Crippen LogP contribution is 2.42. The second-order valence-corrected chi connectivity index (χ2v) is 7.58. The van der Waals surface area contributed by atoms with Gasteiger partial charge < -0.3 is 14.2 Å². The molecule has 6 nitrogen and oxygen atoms in total. The largest absolute Gasteiger partial charge is 0.493 e. The van der Waals surface area contributed by atoms with Crippen molar-refractivity contribution in [2.24, 2.45) is 0 Å². The Kier molecular flexibility index (Phi) is 7.47. The first kappa shape index (κ1) is 22.7. The number of ether oxygens (including phenoxy) is 3. The molecule has 33 heavy (non-hydrogen) atoms. The number of esters is 1. The van der Waals surface area contributed by atoms with E-state index in [1.165, 1.54) is 0 Å². The zero-order valence-corrected chi connectivity index (χ0v) is 19.0. The molecule has 1 aliphatic rings. The summed E-state index contributed by atoms with van der Waals surface area (Å²) in [6.45, 7) is 4.92. The second kappa shape index (κ2) is 10.9. The minimum Gasteiger partial charge on any atom is -0.493 e. The van der Waals surface area contributed by atoms with Crippen LogP contribution in [0.15, 0.2) is 67.1 Å². The van der Waals surface area contributed by atoms with E-state index in [4.69, 9.17) is 14.2 Å². The predicted octanol–water partition coefficient (Wildman–Crippen LogP) is 4.87. The first-order chi connectivity index (χ1) is 16.2. The van der Waals surface area contributed by atoms with Crippen molar-refractivity contribution in [1.82, 2.24) is 9.97 Å². The Morgan fingerprint density at radius 1 is 1.00 bits per heavy atom. The van der Waals surface area contributed by atoms with Crippen molar-refractivity contribution < 1.29 is 19.0 Å². The molecule has 0 aliphatic heterocycles.